The largest absolute Gasteiger partial charge is 0.494 e. The summed E-state index contributed by atoms with van der Waals surface area (Å²) in [6.45, 7) is 2.84. The van der Waals surface area contributed by atoms with Crippen molar-refractivity contribution in [1.29, 1.82) is 0 Å². The fourth-order valence-electron chi connectivity index (χ4n) is 2.74. The standard InChI is InChI=1S/C21H18ClN3O2S/c1-2-3-11-27-17-9-7-15(8-10-17)19-23-21-25(24-19)20(26)18(28-21)13-14-5-4-6-16(22)12-14/h4-10,12-13H,2-3,11H2,1H3/b18-13+. The third-order valence-electron chi connectivity index (χ3n) is 4.21. The van der Waals surface area contributed by atoms with Gasteiger partial charge in [-0.15, -0.1) is 5.10 Å². The van der Waals surface area contributed by atoms with Crippen molar-refractivity contribution in [1.82, 2.24) is 14.6 Å². The van der Waals surface area contributed by atoms with Gasteiger partial charge in [0.1, 0.15) is 5.75 Å². The first kappa shape index (κ1) is 18.7. The molecule has 0 saturated heterocycles. The summed E-state index contributed by atoms with van der Waals surface area (Å²) in [5.41, 5.74) is 1.53. The van der Waals surface area contributed by atoms with Gasteiger partial charge in [0.25, 0.3) is 5.56 Å². The highest BCUT2D eigenvalue weighted by Gasteiger charge is 2.12. The van der Waals surface area contributed by atoms with Gasteiger partial charge in [0.05, 0.1) is 11.1 Å². The second-order valence-corrected chi connectivity index (χ2v) is 7.77. The summed E-state index contributed by atoms with van der Waals surface area (Å²) < 4.78 is 7.60. The van der Waals surface area contributed by atoms with Gasteiger partial charge in [0, 0.05) is 10.6 Å². The Morgan fingerprint density at radius 1 is 1.21 bits per heavy atom. The van der Waals surface area contributed by atoms with Crippen LogP contribution >= 0.6 is 22.9 Å². The molecule has 2 aromatic heterocycles. The molecular formula is C21H18ClN3O2S. The Bertz CT molecular complexity index is 1210. The van der Waals surface area contributed by atoms with Crippen molar-refractivity contribution >= 4 is 34.0 Å². The van der Waals surface area contributed by atoms with Crippen LogP contribution in [-0.2, 0) is 0 Å². The Balaban J connectivity index is 1.62. The van der Waals surface area contributed by atoms with E-state index in [-0.39, 0.29) is 5.56 Å². The number of thiazole rings is 1. The number of hydrogen-bond donors (Lipinski definition) is 0. The van der Waals surface area contributed by atoms with E-state index < -0.39 is 0 Å². The molecule has 0 N–H and O–H groups in total. The Morgan fingerprint density at radius 3 is 2.75 bits per heavy atom. The molecule has 4 aromatic rings. The monoisotopic (exact) mass is 411 g/mol. The fourth-order valence-corrected chi connectivity index (χ4v) is 3.84. The smallest absolute Gasteiger partial charge is 0.291 e. The van der Waals surface area contributed by atoms with Gasteiger partial charge >= 0.3 is 0 Å². The van der Waals surface area contributed by atoms with Gasteiger partial charge in [0.15, 0.2) is 5.82 Å². The van der Waals surface area contributed by atoms with E-state index in [9.17, 15) is 4.79 Å². The van der Waals surface area contributed by atoms with E-state index in [4.69, 9.17) is 16.3 Å². The highest BCUT2D eigenvalue weighted by Crippen LogP contribution is 2.20. The van der Waals surface area contributed by atoms with Crippen LogP contribution in [0, 0.1) is 0 Å². The molecule has 28 heavy (non-hydrogen) atoms. The maximum absolute atomic E-state index is 12.6. The average Bonchev–Trinajstić information content (AvgIpc) is 3.23. The topological polar surface area (TPSA) is 56.5 Å². The summed E-state index contributed by atoms with van der Waals surface area (Å²) in [5.74, 6) is 1.35. The SMILES string of the molecule is CCCCOc1ccc(-c2nc3s/c(=C/c4cccc(Cl)c4)c(=O)n3n2)cc1. The Morgan fingerprint density at radius 2 is 2.04 bits per heavy atom. The fraction of sp³-hybridized carbons (Fsp3) is 0.190. The van der Waals surface area contributed by atoms with E-state index in [2.05, 4.69) is 17.0 Å². The number of benzene rings is 2. The van der Waals surface area contributed by atoms with Gasteiger partial charge in [-0.3, -0.25) is 4.79 Å². The van der Waals surface area contributed by atoms with Gasteiger partial charge in [0.2, 0.25) is 4.96 Å². The minimum absolute atomic E-state index is 0.182. The number of hydrogen-bond acceptors (Lipinski definition) is 5. The summed E-state index contributed by atoms with van der Waals surface area (Å²) in [6.07, 6.45) is 3.93. The molecule has 0 atom stereocenters. The molecule has 0 unspecified atom stereocenters. The van der Waals surface area contributed by atoms with Gasteiger partial charge in [-0.2, -0.15) is 9.50 Å². The maximum Gasteiger partial charge on any atom is 0.291 e. The van der Waals surface area contributed by atoms with E-state index in [1.807, 2.05) is 42.5 Å². The van der Waals surface area contributed by atoms with Crippen LogP contribution in [0.1, 0.15) is 25.3 Å². The molecular weight excluding hydrogens is 394 g/mol. The Hall–Kier alpha value is -2.70. The molecule has 0 fully saturated rings. The highest BCUT2D eigenvalue weighted by atomic mass is 35.5. The molecule has 0 amide bonds. The number of nitrogens with zero attached hydrogens (tertiary/aromatic N) is 3. The zero-order chi connectivity index (χ0) is 19.5. The molecule has 2 heterocycles. The van der Waals surface area contributed by atoms with Gasteiger partial charge in [-0.1, -0.05) is 48.4 Å². The lowest BCUT2D eigenvalue weighted by atomic mass is 10.2. The molecule has 0 aliphatic carbocycles. The van der Waals surface area contributed by atoms with Crippen LogP contribution in [0.5, 0.6) is 5.75 Å². The normalized spacial score (nSPS) is 12.0. The molecule has 0 aliphatic heterocycles. The first-order valence-corrected chi connectivity index (χ1v) is 10.2. The van der Waals surface area contributed by atoms with Crippen LogP contribution in [0.4, 0.5) is 0 Å². The molecule has 7 heteroatoms. The quantitative estimate of drug-likeness (QED) is 0.446. The Kier molecular flexibility index (Phi) is 5.41. The molecule has 0 saturated carbocycles. The number of unbranched alkanes of at least 4 members (excludes halogenated alkanes) is 1. The van der Waals surface area contributed by atoms with E-state index in [1.165, 1.54) is 15.9 Å². The zero-order valence-corrected chi connectivity index (χ0v) is 16.8. The highest BCUT2D eigenvalue weighted by molar-refractivity contribution is 7.15. The molecule has 5 nitrogen and oxygen atoms in total. The molecule has 142 valence electrons. The minimum Gasteiger partial charge on any atom is -0.494 e. The van der Waals surface area contributed by atoms with E-state index in [0.29, 0.717) is 26.9 Å². The predicted octanol–water partition coefficient (Wildman–Crippen LogP) is 4.20. The first-order valence-electron chi connectivity index (χ1n) is 9.04. The maximum atomic E-state index is 12.6. The van der Waals surface area contributed by atoms with Crippen molar-refractivity contribution in [3.8, 4) is 17.1 Å². The van der Waals surface area contributed by atoms with E-state index >= 15 is 0 Å². The van der Waals surface area contributed by atoms with Gasteiger partial charge < -0.3 is 4.74 Å². The summed E-state index contributed by atoms with van der Waals surface area (Å²) in [4.78, 5) is 17.7. The average molecular weight is 412 g/mol. The van der Waals surface area contributed by atoms with Crippen LogP contribution < -0.4 is 14.8 Å². The van der Waals surface area contributed by atoms with Crippen LogP contribution in [-0.4, -0.2) is 21.2 Å². The predicted molar refractivity (Wildman–Crippen MR) is 113 cm³/mol. The lowest BCUT2D eigenvalue weighted by Gasteiger charge is -2.05. The summed E-state index contributed by atoms with van der Waals surface area (Å²) >= 11 is 7.32. The lowest BCUT2D eigenvalue weighted by molar-refractivity contribution is 0.309. The summed E-state index contributed by atoms with van der Waals surface area (Å²) in [6, 6.07) is 15.0. The number of fused-ring (bicyclic) bond motifs is 1. The van der Waals surface area contributed by atoms with Crippen molar-refractivity contribution < 1.29 is 4.74 Å². The van der Waals surface area contributed by atoms with Crippen molar-refractivity contribution in [2.75, 3.05) is 6.61 Å². The third-order valence-corrected chi connectivity index (χ3v) is 5.40. The molecule has 0 aliphatic rings. The molecule has 0 spiro atoms. The van der Waals surface area contributed by atoms with E-state index in [1.54, 1.807) is 12.1 Å². The van der Waals surface area contributed by atoms with Crippen LogP contribution in [0.3, 0.4) is 0 Å². The number of aromatic nitrogens is 3. The minimum atomic E-state index is -0.182. The van der Waals surface area contributed by atoms with E-state index in [0.717, 1.165) is 29.7 Å². The zero-order valence-electron chi connectivity index (χ0n) is 15.3. The molecule has 0 radical (unpaired) electrons. The summed E-state index contributed by atoms with van der Waals surface area (Å²) in [7, 11) is 0. The molecule has 0 bridgehead atoms. The summed E-state index contributed by atoms with van der Waals surface area (Å²) in [5, 5.41) is 5.01. The van der Waals surface area contributed by atoms with Crippen LogP contribution in [0.15, 0.2) is 53.3 Å². The van der Waals surface area contributed by atoms with Gasteiger partial charge in [-0.05, 0) is 54.5 Å². The molecule has 2 aromatic carbocycles. The van der Waals surface area contributed by atoms with Crippen molar-refractivity contribution in [3.63, 3.8) is 0 Å². The second-order valence-electron chi connectivity index (χ2n) is 6.33. The molecule has 4 rings (SSSR count). The van der Waals surface area contributed by atoms with Crippen LogP contribution in [0.25, 0.3) is 22.4 Å². The van der Waals surface area contributed by atoms with Gasteiger partial charge in [-0.25, -0.2) is 0 Å². The first-order chi connectivity index (χ1) is 13.6. The van der Waals surface area contributed by atoms with Crippen molar-refractivity contribution in [2.45, 2.75) is 19.8 Å². The number of rotatable bonds is 6. The number of ether oxygens (including phenoxy) is 1. The third kappa shape index (κ3) is 3.93. The second kappa shape index (κ2) is 8.12. The van der Waals surface area contributed by atoms with Crippen molar-refractivity contribution in [3.05, 3.63) is 74.0 Å². The Labute approximate surface area is 170 Å². The lowest BCUT2D eigenvalue weighted by Crippen LogP contribution is -2.23. The van der Waals surface area contributed by atoms with Crippen LogP contribution in [0.2, 0.25) is 5.02 Å². The van der Waals surface area contributed by atoms with Crippen molar-refractivity contribution in [2.24, 2.45) is 0 Å². The number of halogens is 1.